The molecule has 0 aromatic rings. The van der Waals surface area contributed by atoms with Crippen LogP contribution >= 0.6 is 0 Å². The number of nitrogens with two attached hydrogens (primary N) is 1. The van der Waals surface area contributed by atoms with E-state index in [4.69, 9.17) is 19.9 Å². The maximum atomic E-state index is 11.9. The number of primary amides is 1. The molecule has 0 saturated heterocycles. The molecule has 2 N–H and O–H groups in total. The lowest BCUT2D eigenvalue weighted by Gasteiger charge is -2.30. The van der Waals surface area contributed by atoms with Crippen molar-refractivity contribution < 1.29 is 33.4 Å². The summed E-state index contributed by atoms with van der Waals surface area (Å²) >= 11 is 0. The summed E-state index contributed by atoms with van der Waals surface area (Å²) in [4.78, 5) is 44.4. The van der Waals surface area contributed by atoms with Gasteiger partial charge in [-0.1, -0.05) is 0 Å². The van der Waals surface area contributed by atoms with E-state index in [1.807, 2.05) is 0 Å². The molecule has 0 rings (SSSR count). The minimum Gasteiger partial charge on any atom is -0.466 e. The first-order valence-electron chi connectivity index (χ1n) is 7.39. The standard InChI is InChI=1S/C15H25NO7/c1-11(17)21-8-4-5-15(14(16)20,6-9-22-12(2)18)7-10-23-13(3)19/h4-10H2,1-3H3,(H2,16,20). The number of ether oxygens (including phenoxy) is 3. The van der Waals surface area contributed by atoms with E-state index < -0.39 is 29.2 Å². The summed E-state index contributed by atoms with van der Waals surface area (Å²) in [7, 11) is 0. The second-order valence-electron chi connectivity index (χ2n) is 5.27. The van der Waals surface area contributed by atoms with Crippen LogP contribution in [0.25, 0.3) is 0 Å². The zero-order chi connectivity index (χ0) is 17.9. The molecule has 0 aliphatic carbocycles. The number of hydrogen-bond donors (Lipinski definition) is 1. The Bertz CT molecular complexity index is 414. The molecular formula is C15H25NO7. The van der Waals surface area contributed by atoms with Crippen LogP contribution in [0.15, 0.2) is 0 Å². The highest BCUT2D eigenvalue weighted by Gasteiger charge is 2.36. The average molecular weight is 331 g/mol. The first-order valence-corrected chi connectivity index (χ1v) is 7.39. The predicted octanol–water partition coefficient (Wildman–Crippen LogP) is 0.708. The van der Waals surface area contributed by atoms with Crippen molar-refractivity contribution in [2.75, 3.05) is 19.8 Å². The lowest BCUT2D eigenvalue weighted by molar-refractivity contribution is -0.147. The lowest BCUT2D eigenvalue weighted by atomic mass is 9.77. The van der Waals surface area contributed by atoms with Gasteiger partial charge in [-0.2, -0.15) is 0 Å². The molecule has 132 valence electrons. The number of amides is 1. The third kappa shape index (κ3) is 9.49. The molecule has 0 aliphatic rings. The Kier molecular flexibility index (Phi) is 9.60. The van der Waals surface area contributed by atoms with Gasteiger partial charge in [-0.15, -0.1) is 0 Å². The minimum atomic E-state index is -0.995. The van der Waals surface area contributed by atoms with E-state index in [2.05, 4.69) is 0 Å². The fourth-order valence-corrected chi connectivity index (χ4v) is 2.15. The zero-order valence-corrected chi connectivity index (χ0v) is 13.9. The van der Waals surface area contributed by atoms with E-state index in [0.717, 1.165) is 0 Å². The van der Waals surface area contributed by atoms with Gasteiger partial charge >= 0.3 is 17.9 Å². The summed E-state index contributed by atoms with van der Waals surface area (Å²) in [6, 6.07) is 0. The van der Waals surface area contributed by atoms with Gasteiger partial charge in [-0.05, 0) is 25.7 Å². The Labute approximate surface area is 135 Å². The molecule has 0 aliphatic heterocycles. The fourth-order valence-electron chi connectivity index (χ4n) is 2.15. The van der Waals surface area contributed by atoms with Crippen LogP contribution in [0.3, 0.4) is 0 Å². The minimum absolute atomic E-state index is 0.0336. The van der Waals surface area contributed by atoms with Crippen LogP contribution in [0.4, 0.5) is 0 Å². The number of rotatable bonds is 11. The van der Waals surface area contributed by atoms with Crippen LogP contribution in [-0.4, -0.2) is 43.6 Å². The van der Waals surface area contributed by atoms with Crippen LogP contribution in [0.5, 0.6) is 0 Å². The summed E-state index contributed by atoms with van der Waals surface area (Å²) < 4.78 is 14.6. The smallest absolute Gasteiger partial charge is 0.302 e. The fraction of sp³-hybridized carbons (Fsp3) is 0.733. The molecular weight excluding hydrogens is 306 g/mol. The Morgan fingerprint density at radius 2 is 1.13 bits per heavy atom. The van der Waals surface area contributed by atoms with Gasteiger partial charge in [0.05, 0.1) is 25.2 Å². The van der Waals surface area contributed by atoms with E-state index in [0.29, 0.717) is 12.8 Å². The van der Waals surface area contributed by atoms with Crippen molar-refractivity contribution >= 4 is 23.8 Å². The Morgan fingerprint density at radius 3 is 1.48 bits per heavy atom. The van der Waals surface area contributed by atoms with Crippen LogP contribution in [0.1, 0.15) is 46.5 Å². The normalized spacial score (nSPS) is 10.7. The number of carbonyl (C=O) groups is 4. The predicted molar refractivity (Wildman–Crippen MR) is 80.0 cm³/mol. The molecule has 0 saturated carbocycles. The van der Waals surface area contributed by atoms with Crippen LogP contribution in [0, 0.1) is 5.41 Å². The highest BCUT2D eigenvalue weighted by molar-refractivity contribution is 5.81. The topological polar surface area (TPSA) is 122 Å². The third-order valence-corrected chi connectivity index (χ3v) is 3.40. The first-order chi connectivity index (χ1) is 10.7. The van der Waals surface area contributed by atoms with Gasteiger partial charge in [0.2, 0.25) is 5.91 Å². The van der Waals surface area contributed by atoms with Crippen molar-refractivity contribution in [3.8, 4) is 0 Å². The van der Waals surface area contributed by atoms with Gasteiger partial charge in [0.1, 0.15) is 0 Å². The second-order valence-corrected chi connectivity index (χ2v) is 5.27. The maximum absolute atomic E-state index is 11.9. The van der Waals surface area contributed by atoms with Crippen molar-refractivity contribution in [3.05, 3.63) is 0 Å². The highest BCUT2D eigenvalue weighted by atomic mass is 16.5. The van der Waals surface area contributed by atoms with Gasteiger partial charge in [0, 0.05) is 20.8 Å². The number of hydrogen-bond acceptors (Lipinski definition) is 7. The number of esters is 3. The van der Waals surface area contributed by atoms with E-state index in [9.17, 15) is 19.2 Å². The summed E-state index contributed by atoms with van der Waals surface area (Å²) in [6.07, 6.45) is 1.17. The molecule has 0 unspecified atom stereocenters. The van der Waals surface area contributed by atoms with Crippen molar-refractivity contribution in [3.63, 3.8) is 0 Å². The van der Waals surface area contributed by atoms with E-state index in [1.165, 1.54) is 20.8 Å². The molecule has 0 atom stereocenters. The van der Waals surface area contributed by atoms with E-state index in [-0.39, 0.29) is 32.7 Å². The van der Waals surface area contributed by atoms with Gasteiger partial charge in [0.25, 0.3) is 0 Å². The molecule has 0 aromatic carbocycles. The molecule has 0 heterocycles. The Hall–Kier alpha value is -2.12. The molecule has 1 amide bonds. The Balaban J connectivity index is 4.77. The molecule has 0 bridgehead atoms. The van der Waals surface area contributed by atoms with Crippen LogP contribution in [0.2, 0.25) is 0 Å². The average Bonchev–Trinajstić information content (AvgIpc) is 2.41. The highest BCUT2D eigenvalue weighted by Crippen LogP contribution is 2.32. The summed E-state index contributed by atoms with van der Waals surface area (Å²) in [5.74, 6) is -1.89. The number of carbonyl (C=O) groups excluding carboxylic acids is 4. The molecule has 0 fully saturated rings. The third-order valence-electron chi connectivity index (χ3n) is 3.40. The molecule has 23 heavy (non-hydrogen) atoms. The van der Waals surface area contributed by atoms with E-state index in [1.54, 1.807) is 0 Å². The quantitative estimate of drug-likeness (QED) is 0.336. The van der Waals surface area contributed by atoms with Crippen molar-refractivity contribution in [2.24, 2.45) is 11.1 Å². The van der Waals surface area contributed by atoms with Crippen LogP contribution < -0.4 is 5.73 Å². The first kappa shape index (κ1) is 20.9. The van der Waals surface area contributed by atoms with Gasteiger partial charge in [0.15, 0.2) is 0 Å². The monoisotopic (exact) mass is 331 g/mol. The molecule has 0 aromatic heterocycles. The Morgan fingerprint density at radius 1 is 0.739 bits per heavy atom. The molecule has 0 spiro atoms. The van der Waals surface area contributed by atoms with Crippen molar-refractivity contribution in [1.29, 1.82) is 0 Å². The SMILES string of the molecule is CC(=O)OCCCC(CCOC(C)=O)(CCOC(C)=O)C(N)=O. The maximum Gasteiger partial charge on any atom is 0.302 e. The van der Waals surface area contributed by atoms with Gasteiger partial charge in [-0.3, -0.25) is 19.2 Å². The summed E-state index contributed by atoms with van der Waals surface area (Å²) in [5.41, 5.74) is 4.52. The molecule has 8 heteroatoms. The molecule has 0 radical (unpaired) electrons. The van der Waals surface area contributed by atoms with Crippen molar-refractivity contribution in [2.45, 2.75) is 46.5 Å². The van der Waals surface area contributed by atoms with Gasteiger partial charge in [-0.25, -0.2) is 0 Å². The largest absolute Gasteiger partial charge is 0.466 e. The summed E-state index contributed by atoms with van der Waals surface area (Å²) in [5, 5.41) is 0. The van der Waals surface area contributed by atoms with Gasteiger partial charge < -0.3 is 19.9 Å². The lowest BCUT2D eigenvalue weighted by Crippen LogP contribution is -2.40. The van der Waals surface area contributed by atoms with E-state index >= 15 is 0 Å². The second kappa shape index (κ2) is 10.6. The molecule has 8 nitrogen and oxygen atoms in total. The van der Waals surface area contributed by atoms with Crippen LogP contribution in [-0.2, 0) is 33.4 Å². The van der Waals surface area contributed by atoms with Crippen molar-refractivity contribution in [1.82, 2.24) is 0 Å². The zero-order valence-electron chi connectivity index (χ0n) is 13.9. The summed E-state index contributed by atoms with van der Waals surface area (Å²) in [6.45, 7) is 4.06.